The summed E-state index contributed by atoms with van der Waals surface area (Å²) >= 11 is 1.37. The van der Waals surface area contributed by atoms with Gasteiger partial charge in [0.15, 0.2) is 5.13 Å². The number of thiazole rings is 1. The number of rotatable bonds is 1. The minimum absolute atomic E-state index is 0.0702. The summed E-state index contributed by atoms with van der Waals surface area (Å²) in [6.07, 6.45) is 3.92. The number of nitrogens with zero attached hydrogens (tertiary/aromatic N) is 2. The molecule has 2 amide bonds. The molecule has 6 heteroatoms. The summed E-state index contributed by atoms with van der Waals surface area (Å²) < 4.78 is 0. The zero-order valence-corrected chi connectivity index (χ0v) is 11.8. The van der Waals surface area contributed by atoms with E-state index in [1.54, 1.807) is 6.20 Å². The fraction of sp³-hybridized carbons (Fsp3) is 0.538. The third-order valence-electron chi connectivity index (χ3n) is 2.98. The second kappa shape index (κ2) is 6.55. The number of likely N-dealkylation sites (tertiary alicyclic amines) is 1. The third-order valence-corrected chi connectivity index (χ3v) is 3.81. The average Bonchev–Trinajstić information content (AvgIpc) is 2.84. The van der Waals surface area contributed by atoms with E-state index in [1.807, 2.05) is 4.90 Å². The summed E-state index contributed by atoms with van der Waals surface area (Å²) in [5.41, 5.74) is 5.31. The molecule has 5 nitrogen and oxygen atoms in total. The highest BCUT2D eigenvalue weighted by atomic mass is 32.1. The van der Waals surface area contributed by atoms with Gasteiger partial charge in [-0.3, -0.25) is 5.32 Å². The number of aromatic nitrogens is 1. The first-order valence-corrected chi connectivity index (χ1v) is 7.21. The van der Waals surface area contributed by atoms with Gasteiger partial charge in [-0.1, -0.05) is 30.1 Å². The van der Waals surface area contributed by atoms with Crippen LogP contribution in [0.3, 0.4) is 0 Å². The Morgan fingerprint density at radius 2 is 2.58 bits per heavy atom. The van der Waals surface area contributed by atoms with Crippen LogP contribution in [0.15, 0.2) is 6.20 Å². The van der Waals surface area contributed by atoms with Crippen molar-refractivity contribution in [3.63, 3.8) is 0 Å². The average molecular weight is 278 g/mol. The number of nitrogens with two attached hydrogens (primary N) is 1. The van der Waals surface area contributed by atoms with Crippen LogP contribution in [-0.4, -0.2) is 35.5 Å². The number of hydrogen-bond acceptors (Lipinski definition) is 4. The Balaban J connectivity index is 1.93. The number of nitrogens with one attached hydrogen (secondary N) is 1. The van der Waals surface area contributed by atoms with Gasteiger partial charge in [0.25, 0.3) is 0 Å². The number of amides is 2. The predicted octanol–water partition coefficient (Wildman–Crippen LogP) is 1.72. The zero-order chi connectivity index (χ0) is 13.7. The lowest BCUT2D eigenvalue weighted by Crippen LogP contribution is -2.41. The number of anilines is 1. The molecule has 0 aliphatic carbocycles. The second-order valence-corrected chi connectivity index (χ2v) is 5.69. The lowest BCUT2D eigenvalue weighted by atomic mass is 10.0. The molecule has 0 radical (unpaired) electrons. The summed E-state index contributed by atoms with van der Waals surface area (Å²) in [6, 6.07) is -0.0702. The zero-order valence-electron chi connectivity index (χ0n) is 11.0. The van der Waals surface area contributed by atoms with Crippen molar-refractivity contribution in [3.05, 3.63) is 11.1 Å². The van der Waals surface area contributed by atoms with Crippen LogP contribution in [0.4, 0.5) is 9.93 Å². The number of urea groups is 1. The molecule has 0 bridgehead atoms. The molecule has 102 valence electrons. The first-order valence-electron chi connectivity index (χ1n) is 6.39. The molecule has 19 heavy (non-hydrogen) atoms. The van der Waals surface area contributed by atoms with Gasteiger partial charge in [-0.2, -0.15) is 0 Å². The summed E-state index contributed by atoms with van der Waals surface area (Å²) in [4.78, 5) is 18.9. The minimum atomic E-state index is -0.0702. The lowest BCUT2D eigenvalue weighted by Gasteiger charge is -2.30. The van der Waals surface area contributed by atoms with Gasteiger partial charge in [0, 0.05) is 13.1 Å². The molecule has 1 atom stereocenters. The Kier molecular flexibility index (Phi) is 4.77. The van der Waals surface area contributed by atoms with E-state index in [2.05, 4.69) is 29.1 Å². The third kappa shape index (κ3) is 3.94. The van der Waals surface area contributed by atoms with Crippen molar-refractivity contribution in [1.29, 1.82) is 0 Å². The van der Waals surface area contributed by atoms with Crippen LogP contribution in [0.25, 0.3) is 0 Å². The van der Waals surface area contributed by atoms with Crippen molar-refractivity contribution in [1.82, 2.24) is 9.88 Å². The highest BCUT2D eigenvalue weighted by Crippen LogP contribution is 2.20. The summed E-state index contributed by atoms with van der Waals surface area (Å²) in [6.45, 7) is 4.13. The van der Waals surface area contributed by atoms with Crippen molar-refractivity contribution in [2.75, 3.05) is 25.0 Å². The smallest absolute Gasteiger partial charge is 0.323 e. The number of carbonyl (C=O) groups is 1. The molecule has 1 unspecified atom stereocenters. The maximum atomic E-state index is 12.1. The molecule has 1 saturated heterocycles. The minimum Gasteiger partial charge on any atom is -0.324 e. The van der Waals surface area contributed by atoms with E-state index in [0.29, 0.717) is 17.6 Å². The van der Waals surface area contributed by atoms with E-state index >= 15 is 0 Å². The molecule has 1 aromatic heterocycles. The van der Waals surface area contributed by atoms with Gasteiger partial charge in [-0.15, -0.1) is 0 Å². The molecule has 3 N–H and O–H groups in total. The quantitative estimate of drug-likeness (QED) is 0.768. The highest BCUT2D eigenvalue weighted by molar-refractivity contribution is 7.16. The van der Waals surface area contributed by atoms with Crippen LogP contribution in [0.5, 0.6) is 0 Å². The first-order chi connectivity index (χ1) is 9.19. The Hall–Kier alpha value is -1.58. The van der Waals surface area contributed by atoms with Gasteiger partial charge in [0.2, 0.25) is 0 Å². The molecular formula is C13H18N4OS. The van der Waals surface area contributed by atoms with Gasteiger partial charge in [-0.05, 0) is 18.8 Å². The molecule has 1 aliphatic heterocycles. The molecule has 2 rings (SSSR count). The van der Waals surface area contributed by atoms with Crippen LogP contribution >= 0.6 is 11.3 Å². The largest absolute Gasteiger partial charge is 0.324 e. The van der Waals surface area contributed by atoms with Crippen LogP contribution in [-0.2, 0) is 0 Å². The molecule has 1 fully saturated rings. The number of piperidine rings is 1. The Morgan fingerprint density at radius 3 is 3.32 bits per heavy atom. The van der Waals surface area contributed by atoms with Crippen LogP contribution in [0.1, 0.15) is 24.6 Å². The van der Waals surface area contributed by atoms with Gasteiger partial charge in [0.1, 0.15) is 0 Å². The fourth-order valence-corrected chi connectivity index (χ4v) is 2.75. The van der Waals surface area contributed by atoms with E-state index in [0.717, 1.165) is 24.4 Å². The topological polar surface area (TPSA) is 71.2 Å². The standard InChI is InChI=1S/C13H18N4OS/c1-10-4-3-7-17(9-10)13(18)16-12-15-8-11(19-12)5-2-6-14/h8,10H,3-4,6-7,9,14H2,1H3,(H,15,16,18). The highest BCUT2D eigenvalue weighted by Gasteiger charge is 2.21. The summed E-state index contributed by atoms with van der Waals surface area (Å²) in [5, 5.41) is 3.41. The van der Waals surface area contributed by atoms with E-state index < -0.39 is 0 Å². The van der Waals surface area contributed by atoms with Gasteiger partial charge in [-0.25, -0.2) is 9.78 Å². The number of carbonyl (C=O) groups excluding carboxylic acids is 1. The van der Waals surface area contributed by atoms with E-state index in [4.69, 9.17) is 5.73 Å². The number of hydrogen-bond donors (Lipinski definition) is 2. The van der Waals surface area contributed by atoms with Gasteiger partial charge in [0.05, 0.1) is 17.6 Å². The van der Waals surface area contributed by atoms with E-state index in [-0.39, 0.29) is 6.03 Å². The molecule has 0 saturated carbocycles. The normalized spacial score (nSPS) is 18.6. The Bertz CT molecular complexity index is 502. The maximum Gasteiger partial charge on any atom is 0.323 e. The van der Waals surface area contributed by atoms with Crippen molar-refractivity contribution in [3.8, 4) is 11.8 Å². The van der Waals surface area contributed by atoms with E-state index in [9.17, 15) is 4.79 Å². The molecule has 2 heterocycles. The molecule has 1 aromatic rings. The summed E-state index contributed by atoms with van der Waals surface area (Å²) in [5.74, 6) is 6.24. The fourth-order valence-electron chi connectivity index (χ4n) is 2.07. The molecular weight excluding hydrogens is 260 g/mol. The van der Waals surface area contributed by atoms with Gasteiger partial charge < -0.3 is 10.6 Å². The molecule has 0 spiro atoms. The van der Waals surface area contributed by atoms with Crippen molar-refractivity contribution >= 4 is 22.5 Å². The molecule has 1 aliphatic rings. The lowest BCUT2D eigenvalue weighted by molar-refractivity contribution is 0.182. The van der Waals surface area contributed by atoms with Crippen molar-refractivity contribution in [2.45, 2.75) is 19.8 Å². The second-order valence-electron chi connectivity index (χ2n) is 4.66. The Labute approximate surface area is 117 Å². The molecule has 0 aromatic carbocycles. The predicted molar refractivity (Wildman–Crippen MR) is 77.0 cm³/mol. The van der Waals surface area contributed by atoms with Crippen molar-refractivity contribution in [2.24, 2.45) is 11.7 Å². The monoisotopic (exact) mass is 278 g/mol. The van der Waals surface area contributed by atoms with Crippen molar-refractivity contribution < 1.29 is 4.79 Å². The van der Waals surface area contributed by atoms with Crippen LogP contribution in [0.2, 0.25) is 0 Å². The van der Waals surface area contributed by atoms with Crippen LogP contribution in [0, 0.1) is 17.8 Å². The van der Waals surface area contributed by atoms with Gasteiger partial charge >= 0.3 is 6.03 Å². The summed E-state index contributed by atoms with van der Waals surface area (Å²) in [7, 11) is 0. The van der Waals surface area contributed by atoms with E-state index in [1.165, 1.54) is 17.8 Å². The van der Waals surface area contributed by atoms with Crippen LogP contribution < -0.4 is 11.1 Å². The SMILES string of the molecule is CC1CCCN(C(=O)Nc2ncc(C#CCN)s2)C1. The first kappa shape index (κ1) is 13.8. The maximum absolute atomic E-state index is 12.1. The Morgan fingerprint density at radius 1 is 1.74 bits per heavy atom.